The van der Waals surface area contributed by atoms with Crippen LogP contribution in [0.2, 0.25) is 0 Å². The number of allylic oxidation sites excluding steroid dienone is 3. The molecule has 5 N–H and O–H groups in total. The van der Waals surface area contributed by atoms with Crippen LogP contribution in [0.5, 0.6) is 0 Å². The fraction of sp³-hybridized carbons (Fsp3) is 0.868. The van der Waals surface area contributed by atoms with Crippen LogP contribution in [0.1, 0.15) is 181 Å². The highest BCUT2D eigenvalue weighted by Gasteiger charge is 2.26. The molecule has 9 heteroatoms. The number of aliphatic hydroxyl groups is 1. The third-order valence-corrected chi connectivity index (χ3v) is 9.51. The number of hydrogen-bond donors (Lipinski definition) is 4. The molecule has 0 heterocycles. The SMILES string of the molecule is CCCC/C=C/CC/C=C/C(O)C(COP(=O)(O)OCCN)NC(=O)CCCCCCCCCCCCCCCCCCCCCC. The fourth-order valence-corrected chi connectivity index (χ4v) is 6.30. The quantitative estimate of drug-likeness (QED) is 0.0293. The Bertz CT molecular complexity index is 794. The fourth-order valence-electron chi connectivity index (χ4n) is 5.55. The van der Waals surface area contributed by atoms with Gasteiger partial charge in [0.2, 0.25) is 5.91 Å². The first-order chi connectivity index (χ1) is 22.9. The molecular weight excluding hydrogens is 611 g/mol. The van der Waals surface area contributed by atoms with Gasteiger partial charge in [-0.15, -0.1) is 0 Å². The molecule has 1 amide bonds. The van der Waals surface area contributed by atoms with Crippen molar-refractivity contribution in [1.29, 1.82) is 0 Å². The molecule has 0 saturated heterocycles. The third kappa shape index (κ3) is 33.3. The molecule has 0 aromatic carbocycles. The maximum atomic E-state index is 12.7. The Balaban J connectivity index is 4.09. The minimum Gasteiger partial charge on any atom is -0.387 e. The topological polar surface area (TPSA) is 131 Å². The van der Waals surface area contributed by atoms with Crippen molar-refractivity contribution in [1.82, 2.24) is 5.32 Å². The highest BCUT2D eigenvalue weighted by atomic mass is 31.2. The summed E-state index contributed by atoms with van der Waals surface area (Å²) >= 11 is 0. The predicted molar refractivity (Wildman–Crippen MR) is 198 cm³/mol. The second-order valence-corrected chi connectivity index (χ2v) is 14.6. The summed E-state index contributed by atoms with van der Waals surface area (Å²) in [4.78, 5) is 22.5. The lowest BCUT2D eigenvalue weighted by Crippen LogP contribution is -2.45. The predicted octanol–water partition coefficient (Wildman–Crippen LogP) is 10.2. The number of rotatable bonds is 36. The molecular formula is C38H75N2O6P. The zero-order chi connectivity index (χ0) is 34.7. The first kappa shape index (κ1) is 46.0. The molecule has 8 nitrogen and oxygen atoms in total. The zero-order valence-corrected chi connectivity index (χ0v) is 31.4. The summed E-state index contributed by atoms with van der Waals surface area (Å²) in [5.41, 5.74) is 5.34. The Kier molecular flexibility index (Phi) is 34.1. The minimum absolute atomic E-state index is 0.0752. The molecule has 0 rings (SSSR count). The van der Waals surface area contributed by atoms with Gasteiger partial charge in [0, 0.05) is 13.0 Å². The van der Waals surface area contributed by atoms with Gasteiger partial charge in [-0.2, -0.15) is 0 Å². The molecule has 0 aliphatic rings. The number of amides is 1. The van der Waals surface area contributed by atoms with Crippen molar-refractivity contribution in [3.8, 4) is 0 Å². The van der Waals surface area contributed by atoms with Crippen LogP contribution in [-0.4, -0.2) is 47.8 Å². The second kappa shape index (κ2) is 34.8. The Morgan fingerprint density at radius 2 is 1.13 bits per heavy atom. The van der Waals surface area contributed by atoms with E-state index in [-0.39, 0.29) is 25.7 Å². The summed E-state index contributed by atoms with van der Waals surface area (Å²) in [6.45, 7) is 4.04. The van der Waals surface area contributed by atoms with E-state index in [4.69, 9.17) is 14.8 Å². The largest absolute Gasteiger partial charge is 0.472 e. The highest BCUT2D eigenvalue weighted by Crippen LogP contribution is 2.43. The Hall–Kier alpha value is -1.02. The lowest BCUT2D eigenvalue weighted by molar-refractivity contribution is -0.123. The molecule has 47 heavy (non-hydrogen) atoms. The molecule has 0 aromatic heterocycles. The summed E-state index contributed by atoms with van der Waals surface area (Å²) < 4.78 is 21.9. The van der Waals surface area contributed by atoms with Gasteiger partial charge < -0.3 is 21.1 Å². The van der Waals surface area contributed by atoms with E-state index in [9.17, 15) is 19.4 Å². The standard InChI is InChI=1S/C38H75N2O6P/c1-3-5-7-9-11-13-14-15-16-17-18-19-20-21-22-23-24-26-28-30-32-38(42)40-36(35-46-47(43,44)45-34-33-39)37(41)31-29-27-25-12-10-8-6-4-2/h10,12,29,31,36-37,41H,3-9,11,13-28,30,32-35,39H2,1-2H3,(H,40,42)(H,43,44)/b12-10+,31-29+. The van der Waals surface area contributed by atoms with Crippen molar-refractivity contribution < 1.29 is 28.4 Å². The van der Waals surface area contributed by atoms with Crippen LogP contribution < -0.4 is 11.1 Å². The Morgan fingerprint density at radius 1 is 0.681 bits per heavy atom. The summed E-state index contributed by atoms with van der Waals surface area (Å²) in [6, 6.07) is -0.870. The van der Waals surface area contributed by atoms with Gasteiger partial charge in [0.15, 0.2) is 0 Å². The van der Waals surface area contributed by atoms with E-state index >= 15 is 0 Å². The van der Waals surface area contributed by atoms with E-state index in [1.807, 2.05) is 6.08 Å². The number of phosphoric ester groups is 1. The second-order valence-electron chi connectivity index (χ2n) is 13.1. The molecule has 0 aliphatic heterocycles. The number of aliphatic hydroxyl groups excluding tert-OH is 1. The van der Waals surface area contributed by atoms with E-state index in [1.54, 1.807) is 6.08 Å². The zero-order valence-electron chi connectivity index (χ0n) is 30.5. The van der Waals surface area contributed by atoms with Gasteiger partial charge in [0.1, 0.15) is 0 Å². The molecule has 0 saturated carbocycles. The monoisotopic (exact) mass is 687 g/mol. The molecule has 0 fully saturated rings. The molecule has 3 atom stereocenters. The number of nitrogens with one attached hydrogen (secondary N) is 1. The van der Waals surface area contributed by atoms with Gasteiger partial charge in [0.25, 0.3) is 0 Å². The van der Waals surface area contributed by atoms with Gasteiger partial charge in [0.05, 0.1) is 25.4 Å². The average Bonchev–Trinajstić information content (AvgIpc) is 3.05. The van der Waals surface area contributed by atoms with Crippen LogP contribution in [0.4, 0.5) is 0 Å². The van der Waals surface area contributed by atoms with Crippen LogP contribution >= 0.6 is 7.82 Å². The van der Waals surface area contributed by atoms with Crippen molar-refractivity contribution in [3.63, 3.8) is 0 Å². The van der Waals surface area contributed by atoms with Crippen molar-refractivity contribution in [2.24, 2.45) is 5.73 Å². The van der Waals surface area contributed by atoms with E-state index in [0.29, 0.717) is 6.42 Å². The summed E-state index contributed by atoms with van der Waals surface area (Å²) in [5, 5.41) is 13.5. The molecule has 0 bridgehead atoms. The molecule has 278 valence electrons. The molecule has 0 radical (unpaired) electrons. The van der Waals surface area contributed by atoms with Gasteiger partial charge in [-0.05, 0) is 25.7 Å². The minimum atomic E-state index is -4.33. The van der Waals surface area contributed by atoms with Crippen LogP contribution in [0.25, 0.3) is 0 Å². The van der Waals surface area contributed by atoms with E-state index in [1.165, 1.54) is 122 Å². The van der Waals surface area contributed by atoms with Crippen molar-refractivity contribution in [2.75, 3.05) is 19.8 Å². The first-order valence-corrected chi connectivity index (χ1v) is 21.0. The van der Waals surface area contributed by atoms with E-state index < -0.39 is 20.0 Å². The van der Waals surface area contributed by atoms with Crippen LogP contribution in [0.15, 0.2) is 24.3 Å². The average molecular weight is 687 g/mol. The molecule has 0 aliphatic carbocycles. The number of nitrogens with two attached hydrogens (primary N) is 1. The third-order valence-electron chi connectivity index (χ3n) is 8.53. The Labute approximate surface area is 289 Å². The molecule has 0 spiro atoms. The normalized spacial score (nSPS) is 14.6. The van der Waals surface area contributed by atoms with Crippen LogP contribution in [-0.2, 0) is 18.4 Å². The van der Waals surface area contributed by atoms with Gasteiger partial charge in [-0.25, -0.2) is 4.57 Å². The highest BCUT2D eigenvalue weighted by molar-refractivity contribution is 7.47. The number of unbranched alkanes of at least 4 members (excludes halogenated alkanes) is 22. The maximum absolute atomic E-state index is 12.7. The van der Waals surface area contributed by atoms with Crippen molar-refractivity contribution in [3.05, 3.63) is 24.3 Å². The summed E-state index contributed by atoms with van der Waals surface area (Å²) in [5.74, 6) is -0.206. The van der Waals surface area contributed by atoms with E-state index in [0.717, 1.165) is 38.5 Å². The smallest absolute Gasteiger partial charge is 0.387 e. The maximum Gasteiger partial charge on any atom is 0.472 e. The molecule has 3 unspecified atom stereocenters. The number of carbonyl (C=O) groups is 1. The van der Waals surface area contributed by atoms with E-state index in [2.05, 4.69) is 31.3 Å². The van der Waals surface area contributed by atoms with Gasteiger partial charge >= 0.3 is 7.82 Å². The lowest BCUT2D eigenvalue weighted by Gasteiger charge is -2.23. The number of hydrogen-bond acceptors (Lipinski definition) is 6. The lowest BCUT2D eigenvalue weighted by atomic mass is 10.0. The number of carbonyl (C=O) groups excluding carboxylic acids is 1. The van der Waals surface area contributed by atoms with Crippen LogP contribution in [0.3, 0.4) is 0 Å². The summed E-state index contributed by atoms with van der Waals surface area (Å²) in [7, 11) is -4.33. The van der Waals surface area contributed by atoms with Crippen molar-refractivity contribution in [2.45, 2.75) is 193 Å². The summed E-state index contributed by atoms with van der Waals surface area (Å²) in [6.07, 6.45) is 38.2. The number of phosphoric acid groups is 1. The van der Waals surface area contributed by atoms with Crippen LogP contribution in [0, 0.1) is 0 Å². The Morgan fingerprint density at radius 3 is 1.62 bits per heavy atom. The first-order valence-electron chi connectivity index (χ1n) is 19.5. The molecule has 0 aromatic rings. The van der Waals surface area contributed by atoms with Crippen molar-refractivity contribution >= 4 is 13.7 Å². The van der Waals surface area contributed by atoms with Gasteiger partial charge in [-0.3, -0.25) is 13.8 Å². The van der Waals surface area contributed by atoms with Gasteiger partial charge in [-0.1, -0.05) is 173 Å².